The highest BCUT2D eigenvalue weighted by Crippen LogP contribution is 2.26. The normalized spacial score (nSPS) is 17.2. The molecule has 1 saturated heterocycles. The zero-order valence-electron chi connectivity index (χ0n) is 15.9. The molecule has 0 spiro atoms. The number of benzene rings is 2. The summed E-state index contributed by atoms with van der Waals surface area (Å²) in [6.45, 7) is 5.07. The number of ether oxygens (including phenoxy) is 1. The average molecular weight is 354 g/mol. The van der Waals surface area contributed by atoms with Crippen LogP contribution in [0.3, 0.4) is 0 Å². The number of piperidine rings is 1. The largest absolute Gasteiger partial charge is 0.480 e. The average Bonchev–Trinajstić information content (AvgIpc) is 2.67. The summed E-state index contributed by atoms with van der Waals surface area (Å²) in [6.07, 6.45) is 3.73. The molecule has 0 aliphatic carbocycles. The van der Waals surface area contributed by atoms with Crippen LogP contribution in [-0.4, -0.2) is 43.6 Å². The molecule has 1 aliphatic rings. The van der Waals surface area contributed by atoms with Gasteiger partial charge in [-0.2, -0.15) is 0 Å². The van der Waals surface area contributed by atoms with Gasteiger partial charge in [-0.15, -0.1) is 0 Å². The van der Waals surface area contributed by atoms with E-state index in [-0.39, 0.29) is 5.91 Å². The van der Waals surface area contributed by atoms with Gasteiger partial charge in [0, 0.05) is 11.9 Å². The minimum absolute atomic E-state index is 0.00615. The van der Waals surface area contributed by atoms with Gasteiger partial charge in [-0.25, -0.2) is 0 Å². The van der Waals surface area contributed by atoms with Crippen molar-refractivity contribution in [2.45, 2.75) is 38.7 Å². The van der Waals surface area contributed by atoms with Gasteiger partial charge in [0.25, 0.3) is 5.91 Å². The third-order valence-corrected chi connectivity index (χ3v) is 5.37. The van der Waals surface area contributed by atoms with Gasteiger partial charge < -0.3 is 15.0 Å². The Morgan fingerprint density at radius 1 is 1.19 bits per heavy atom. The van der Waals surface area contributed by atoms with Crippen molar-refractivity contribution in [2.24, 2.45) is 5.92 Å². The summed E-state index contributed by atoms with van der Waals surface area (Å²) in [6, 6.07) is 14.1. The Morgan fingerprint density at radius 2 is 1.92 bits per heavy atom. The number of fused-ring (bicyclic) bond motifs is 1. The zero-order chi connectivity index (χ0) is 18.4. The molecule has 4 nitrogen and oxygen atoms in total. The summed E-state index contributed by atoms with van der Waals surface area (Å²) >= 11 is 0. The van der Waals surface area contributed by atoms with Gasteiger partial charge in [-0.1, -0.05) is 43.3 Å². The second-order valence-corrected chi connectivity index (χ2v) is 7.32. The topological polar surface area (TPSA) is 41.6 Å². The van der Waals surface area contributed by atoms with Gasteiger partial charge in [0.1, 0.15) is 5.75 Å². The van der Waals surface area contributed by atoms with E-state index in [4.69, 9.17) is 4.74 Å². The van der Waals surface area contributed by atoms with Crippen LogP contribution < -0.4 is 10.1 Å². The van der Waals surface area contributed by atoms with Gasteiger partial charge in [0.05, 0.1) is 0 Å². The fourth-order valence-corrected chi connectivity index (χ4v) is 3.64. The van der Waals surface area contributed by atoms with E-state index in [1.165, 1.54) is 25.9 Å². The maximum absolute atomic E-state index is 12.6. The Hall–Kier alpha value is -2.07. The van der Waals surface area contributed by atoms with Gasteiger partial charge in [0.15, 0.2) is 6.10 Å². The summed E-state index contributed by atoms with van der Waals surface area (Å²) in [5, 5.41) is 5.26. The Balaban J connectivity index is 1.53. The van der Waals surface area contributed by atoms with Crippen LogP contribution in [-0.2, 0) is 4.79 Å². The summed E-state index contributed by atoms with van der Waals surface area (Å²) in [7, 11) is 2.18. The minimum atomic E-state index is -0.446. The van der Waals surface area contributed by atoms with Crippen LogP contribution >= 0.6 is 0 Å². The highest BCUT2D eigenvalue weighted by molar-refractivity contribution is 5.89. The molecule has 2 aromatic carbocycles. The molecule has 1 atom stereocenters. The number of hydrogen-bond donors (Lipinski definition) is 1. The molecular weight excluding hydrogens is 324 g/mol. The molecule has 140 valence electrons. The van der Waals surface area contributed by atoms with Crippen molar-refractivity contribution in [2.75, 3.05) is 26.7 Å². The van der Waals surface area contributed by atoms with E-state index in [1.54, 1.807) is 0 Å². The predicted molar refractivity (Wildman–Crippen MR) is 107 cm³/mol. The van der Waals surface area contributed by atoms with Crippen LogP contribution in [0, 0.1) is 5.92 Å². The van der Waals surface area contributed by atoms with Crippen molar-refractivity contribution < 1.29 is 9.53 Å². The molecule has 0 aromatic heterocycles. The number of amides is 1. The van der Waals surface area contributed by atoms with E-state index < -0.39 is 6.10 Å². The SMILES string of the molecule is CC[C@H](Oc1cccc2ccccc12)C(=O)NCCC1CCN(C)CC1. The third kappa shape index (κ3) is 4.76. The Kier molecular flexibility index (Phi) is 6.51. The van der Waals surface area contributed by atoms with Crippen LogP contribution in [0.4, 0.5) is 0 Å². The molecule has 1 fully saturated rings. The van der Waals surface area contributed by atoms with E-state index in [1.807, 2.05) is 37.3 Å². The number of hydrogen-bond acceptors (Lipinski definition) is 3. The van der Waals surface area contributed by atoms with Crippen molar-refractivity contribution in [3.8, 4) is 5.75 Å². The fraction of sp³-hybridized carbons (Fsp3) is 0.500. The first kappa shape index (κ1) is 18.7. The van der Waals surface area contributed by atoms with Crippen LogP contribution in [0.5, 0.6) is 5.75 Å². The number of nitrogens with one attached hydrogen (secondary N) is 1. The maximum Gasteiger partial charge on any atom is 0.261 e. The van der Waals surface area contributed by atoms with Gasteiger partial charge >= 0.3 is 0 Å². The van der Waals surface area contributed by atoms with E-state index in [0.29, 0.717) is 6.42 Å². The van der Waals surface area contributed by atoms with E-state index >= 15 is 0 Å². The van der Waals surface area contributed by atoms with Gasteiger partial charge in [0.2, 0.25) is 0 Å². The van der Waals surface area contributed by atoms with Gasteiger partial charge in [-0.3, -0.25) is 4.79 Å². The molecular formula is C22H30N2O2. The van der Waals surface area contributed by atoms with Crippen molar-refractivity contribution >= 4 is 16.7 Å². The molecule has 1 heterocycles. The molecule has 3 rings (SSSR count). The lowest BCUT2D eigenvalue weighted by Gasteiger charge is -2.29. The maximum atomic E-state index is 12.6. The molecule has 1 amide bonds. The molecule has 2 aromatic rings. The lowest BCUT2D eigenvalue weighted by atomic mass is 9.94. The smallest absolute Gasteiger partial charge is 0.261 e. The van der Waals surface area contributed by atoms with Gasteiger partial charge in [-0.05, 0) is 63.2 Å². The summed E-state index contributed by atoms with van der Waals surface area (Å²) in [4.78, 5) is 14.9. The molecule has 0 radical (unpaired) electrons. The Morgan fingerprint density at radius 3 is 2.69 bits per heavy atom. The molecule has 26 heavy (non-hydrogen) atoms. The molecule has 0 unspecified atom stereocenters. The Labute approximate surface area is 156 Å². The first-order valence-corrected chi connectivity index (χ1v) is 9.78. The quantitative estimate of drug-likeness (QED) is 0.821. The molecule has 4 heteroatoms. The number of likely N-dealkylation sites (tertiary alicyclic amines) is 1. The monoisotopic (exact) mass is 354 g/mol. The second kappa shape index (κ2) is 9.04. The highest BCUT2D eigenvalue weighted by atomic mass is 16.5. The van der Waals surface area contributed by atoms with Crippen LogP contribution in [0.1, 0.15) is 32.6 Å². The number of nitrogens with zero attached hydrogens (tertiary/aromatic N) is 1. The lowest BCUT2D eigenvalue weighted by Crippen LogP contribution is -2.39. The third-order valence-electron chi connectivity index (χ3n) is 5.37. The predicted octanol–water partition coefficient (Wildman–Crippen LogP) is 3.85. The van der Waals surface area contributed by atoms with E-state index in [0.717, 1.165) is 35.4 Å². The second-order valence-electron chi connectivity index (χ2n) is 7.32. The first-order chi connectivity index (χ1) is 12.7. The standard InChI is InChI=1S/C22H30N2O2/c1-3-20(22(25)23-14-11-17-12-15-24(2)16-13-17)26-21-10-6-8-18-7-4-5-9-19(18)21/h4-10,17,20H,3,11-16H2,1-2H3,(H,23,25)/t20-/m0/s1. The van der Waals surface area contributed by atoms with Crippen molar-refractivity contribution in [3.63, 3.8) is 0 Å². The number of rotatable bonds is 7. The van der Waals surface area contributed by atoms with E-state index in [2.05, 4.69) is 29.4 Å². The first-order valence-electron chi connectivity index (χ1n) is 9.78. The van der Waals surface area contributed by atoms with Crippen LogP contribution in [0.2, 0.25) is 0 Å². The molecule has 0 bridgehead atoms. The van der Waals surface area contributed by atoms with Crippen molar-refractivity contribution in [1.82, 2.24) is 10.2 Å². The Bertz CT molecular complexity index is 718. The highest BCUT2D eigenvalue weighted by Gasteiger charge is 2.20. The molecule has 0 saturated carbocycles. The summed E-state index contributed by atoms with van der Waals surface area (Å²) in [5.74, 6) is 1.50. The van der Waals surface area contributed by atoms with Crippen molar-refractivity contribution in [3.05, 3.63) is 42.5 Å². The number of carbonyl (C=O) groups is 1. The summed E-state index contributed by atoms with van der Waals surface area (Å²) in [5.41, 5.74) is 0. The van der Waals surface area contributed by atoms with Crippen molar-refractivity contribution in [1.29, 1.82) is 0 Å². The fourth-order valence-electron chi connectivity index (χ4n) is 3.64. The molecule has 1 aliphatic heterocycles. The van der Waals surface area contributed by atoms with Crippen LogP contribution in [0.15, 0.2) is 42.5 Å². The van der Waals surface area contributed by atoms with E-state index in [9.17, 15) is 4.79 Å². The molecule has 1 N–H and O–H groups in total. The van der Waals surface area contributed by atoms with Crippen LogP contribution in [0.25, 0.3) is 10.8 Å². The zero-order valence-corrected chi connectivity index (χ0v) is 15.9. The minimum Gasteiger partial charge on any atom is -0.480 e. The number of carbonyl (C=O) groups excluding carboxylic acids is 1. The summed E-state index contributed by atoms with van der Waals surface area (Å²) < 4.78 is 6.08. The lowest BCUT2D eigenvalue weighted by molar-refractivity contribution is -0.128.